The molecule has 35 heavy (non-hydrogen) atoms. The number of alkyl halides is 3. The molecule has 1 saturated carbocycles. The van der Waals surface area contributed by atoms with E-state index >= 15 is 0 Å². The Morgan fingerprint density at radius 1 is 1.11 bits per heavy atom. The third-order valence-electron chi connectivity index (χ3n) is 7.59. The number of aryl methyl sites for hydroxylation is 1. The Morgan fingerprint density at radius 2 is 1.86 bits per heavy atom. The van der Waals surface area contributed by atoms with Crippen molar-refractivity contribution in [3.63, 3.8) is 0 Å². The maximum atomic E-state index is 13.6. The highest BCUT2D eigenvalue weighted by Crippen LogP contribution is 2.44. The first-order chi connectivity index (χ1) is 16.6. The van der Waals surface area contributed by atoms with Gasteiger partial charge in [-0.25, -0.2) is 9.97 Å². The van der Waals surface area contributed by atoms with Crippen molar-refractivity contribution >= 4 is 23.5 Å². The number of hydrogen-bond acceptors (Lipinski definition) is 5. The van der Waals surface area contributed by atoms with Gasteiger partial charge in [0.15, 0.2) is 0 Å². The van der Waals surface area contributed by atoms with Gasteiger partial charge in [-0.1, -0.05) is 32.3 Å². The quantitative estimate of drug-likeness (QED) is 0.613. The minimum absolute atomic E-state index is 0.161. The summed E-state index contributed by atoms with van der Waals surface area (Å²) in [5, 5.41) is 6.18. The number of nitrogens with one attached hydrogen (secondary N) is 2. The first kappa shape index (κ1) is 23.5. The van der Waals surface area contributed by atoms with Crippen molar-refractivity contribution in [2.75, 3.05) is 5.32 Å². The monoisotopic (exact) mass is 484 g/mol. The van der Waals surface area contributed by atoms with Crippen LogP contribution in [0.25, 0.3) is 6.08 Å². The molecule has 2 heterocycles. The van der Waals surface area contributed by atoms with Crippen molar-refractivity contribution in [2.24, 2.45) is 5.92 Å². The molecule has 1 amide bonds. The molecule has 2 N–H and O–H groups in total. The average molecular weight is 485 g/mol. The zero-order chi connectivity index (χ0) is 25.0. The van der Waals surface area contributed by atoms with E-state index in [0.29, 0.717) is 34.4 Å². The van der Waals surface area contributed by atoms with Crippen LogP contribution < -0.4 is 16.1 Å². The molecule has 1 fully saturated rings. The van der Waals surface area contributed by atoms with Gasteiger partial charge < -0.3 is 10.6 Å². The van der Waals surface area contributed by atoms with E-state index in [1.54, 1.807) is 13.0 Å². The summed E-state index contributed by atoms with van der Waals surface area (Å²) in [7, 11) is 0. The second kappa shape index (κ2) is 8.46. The zero-order valence-corrected chi connectivity index (χ0v) is 19.6. The lowest BCUT2D eigenvalue weighted by molar-refractivity contribution is -0.165. The number of fused-ring (bicyclic) bond motifs is 2. The van der Waals surface area contributed by atoms with E-state index in [-0.39, 0.29) is 28.4 Å². The molecule has 5 rings (SSSR count). The highest BCUT2D eigenvalue weighted by molar-refractivity contribution is 5.99. The predicted octanol–water partition coefficient (Wildman–Crippen LogP) is 5.19. The van der Waals surface area contributed by atoms with Crippen molar-refractivity contribution in [3.8, 4) is 0 Å². The number of carbonyl (C=O) groups excluding carboxylic acids is 1. The van der Waals surface area contributed by atoms with Gasteiger partial charge in [0.1, 0.15) is 12.1 Å². The normalized spacial score (nSPS) is 22.8. The number of rotatable bonds is 2. The first-order valence-corrected chi connectivity index (χ1v) is 12.0. The van der Waals surface area contributed by atoms with Gasteiger partial charge in [0, 0.05) is 22.6 Å². The molecule has 184 valence electrons. The van der Waals surface area contributed by atoms with E-state index < -0.39 is 18.0 Å². The molecule has 2 aliphatic carbocycles. The fourth-order valence-corrected chi connectivity index (χ4v) is 5.88. The van der Waals surface area contributed by atoms with Gasteiger partial charge in [-0.2, -0.15) is 13.2 Å². The molecule has 6 nitrogen and oxygen atoms in total. The van der Waals surface area contributed by atoms with Gasteiger partial charge in [-0.15, -0.1) is 0 Å². The maximum absolute atomic E-state index is 13.6. The lowest BCUT2D eigenvalue weighted by Crippen LogP contribution is -2.54. The first-order valence-electron chi connectivity index (χ1n) is 12.0. The number of anilines is 2. The standard InChI is InChI=1S/C26H27F3N4O2/c1-14-10-19(20(34)11-16-12-25(8-4-3-5-9-25)33-24(35)21(14)16)32-23-22-15(2)17(26(27,28)29)6-7-18(22)30-13-31-23/h6-7,10-11,13,15,17H,3-5,8-9,12H2,1-2H3,(H,33,35)(H,30,31,32,34). The van der Waals surface area contributed by atoms with E-state index in [0.717, 1.165) is 38.2 Å². The smallest absolute Gasteiger partial charge is 0.346 e. The fourth-order valence-electron chi connectivity index (χ4n) is 5.88. The molecule has 0 radical (unpaired) electrons. The summed E-state index contributed by atoms with van der Waals surface area (Å²) in [6.45, 7) is 3.25. The second-order valence-corrected chi connectivity index (χ2v) is 9.98. The molecule has 9 heteroatoms. The second-order valence-electron chi connectivity index (χ2n) is 9.98. The van der Waals surface area contributed by atoms with Crippen LogP contribution in [0.1, 0.15) is 77.7 Å². The van der Waals surface area contributed by atoms with Crippen molar-refractivity contribution in [3.05, 3.63) is 62.7 Å². The van der Waals surface area contributed by atoms with E-state index in [2.05, 4.69) is 20.6 Å². The Labute approximate surface area is 201 Å². The predicted molar refractivity (Wildman–Crippen MR) is 127 cm³/mol. The number of hydrogen-bond donors (Lipinski definition) is 2. The number of amides is 1. The number of allylic oxidation sites excluding steroid dienone is 1. The summed E-state index contributed by atoms with van der Waals surface area (Å²) in [4.78, 5) is 34.7. The number of halogens is 3. The molecule has 0 saturated heterocycles. The average Bonchev–Trinajstić information content (AvgIpc) is 2.89. The molecule has 0 bridgehead atoms. The summed E-state index contributed by atoms with van der Waals surface area (Å²) in [6.07, 6.45) is 4.88. The Morgan fingerprint density at radius 3 is 2.57 bits per heavy atom. The molecule has 2 aromatic rings. The van der Waals surface area contributed by atoms with Gasteiger partial charge in [0.2, 0.25) is 5.43 Å². The largest absolute Gasteiger partial charge is 0.395 e. The van der Waals surface area contributed by atoms with Crippen LogP contribution in [0.5, 0.6) is 0 Å². The molecule has 2 atom stereocenters. The maximum Gasteiger partial charge on any atom is 0.395 e. The van der Waals surface area contributed by atoms with Crippen LogP contribution in [0.3, 0.4) is 0 Å². The zero-order valence-electron chi connectivity index (χ0n) is 19.6. The van der Waals surface area contributed by atoms with Gasteiger partial charge in [-0.05, 0) is 55.5 Å². The number of aromatic nitrogens is 2. The van der Waals surface area contributed by atoms with E-state index in [1.165, 1.54) is 25.4 Å². The third-order valence-corrected chi connectivity index (χ3v) is 7.59. The van der Waals surface area contributed by atoms with Crippen molar-refractivity contribution in [2.45, 2.75) is 70.0 Å². The van der Waals surface area contributed by atoms with Crippen molar-refractivity contribution in [1.29, 1.82) is 0 Å². The highest BCUT2D eigenvalue weighted by Gasteiger charge is 2.45. The third kappa shape index (κ3) is 4.21. The molecule has 2 unspecified atom stereocenters. The fraction of sp³-hybridized carbons (Fsp3) is 0.462. The van der Waals surface area contributed by atoms with E-state index in [4.69, 9.17) is 0 Å². The van der Waals surface area contributed by atoms with Crippen molar-refractivity contribution < 1.29 is 18.0 Å². The van der Waals surface area contributed by atoms with Crippen LogP contribution in [0.4, 0.5) is 24.7 Å². The van der Waals surface area contributed by atoms with Gasteiger partial charge in [0.05, 0.1) is 17.3 Å². The molecular weight excluding hydrogens is 457 g/mol. The van der Waals surface area contributed by atoms with Crippen LogP contribution in [-0.4, -0.2) is 27.6 Å². The molecule has 1 aromatic carbocycles. The molecule has 1 spiro atoms. The van der Waals surface area contributed by atoms with Gasteiger partial charge in [-0.3, -0.25) is 9.59 Å². The highest BCUT2D eigenvalue weighted by atomic mass is 19.4. The number of carbonyl (C=O) groups is 1. The summed E-state index contributed by atoms with van der Waals surface area (Å²) >= 11 is 0. The van der Waals surface area contributed by atoms with Crippen LogP contribution in [-0.2, 0) is 6.42 Å². The lowest BCUT2D eigenvalue weighted by Gasteiger charge is -2.41. The lowest BCUT2D eigenvalue weighted by atomic mass is 9.74. The Bertz CT molecular complexity index is 1280. The minimum atomic E-state index is -4.41. The van der Waals surface area contributed by atoms with Gasteiger partial charge in [0.25, 0.3) is 5.91 Å². The summed E-state index contributed by atoms with van der Waals surface area (Å²) < 4.78 is 40.7. The van der Waals surface area contributed by atoms with Gasteiger partial charge >= 0.3 is 6.18 Å². The summed E-state index contributed by atoms with van der Waals surface area (Å²) in [6, 6.07) is 3.08. The van der Waals surface area contributed by atoms with E-state index in [9.17, 15) is 22.8 Å². The Balaban J connectivity index is 1.55. The molecular formula is C26H27F3N4O2. The van der Waals surface area contributed by atoms with Crippen LogP contribution in [0, 0.1) is 12.8 Å². The Hall–Kier alpha value is -3.23. The molecule has 3 aliphatic rings. The molecule has 1 aromatic heterocycles. The molecule has 1 aliphatic heterocycles. The van der Waals surface area contributed by atoms with E-state index in [1.807, 2.05) is 0 Å². The Kier molecular flexibility index (Phi) is 5.68. The van der Waals surface area contributed by atoms with Crippen molar-refractivity contribution in [1.82, 2.24) is 15.3 Å². The summed E-state index contributed by atoms with van der Waals surface area (Å²) in [5.74, 6) is -2.63. The topological polar surface area (TPSA) is 84.0 Å². The van der Waals surface area contributed by atoms with Crippen LogP contribution in [0.15, 0.2) is 29.3 Å². The SMILES string of the molecule is Cc1cc(Nc2ncnc3c2C(C)C(C(F)(F)F)C=C3)c(=O)cc2c1C(=O)NC1(CCCCC1)C2. The number of nitrogens with zero attached hydrogens (tertiary/aromatic N) is 2. The van der Waals surface area contributed by atoms with Crippen LogP contribution >= 0.6 is 0 Å². The minimum Gasteiger partial charge on any atom is -0.346 e. The van der Waals surface area contributed by atoms with Crippen LogP contribution in [0.2, 0.25) is 0 Å². The summed E-state index contributed by atoms with van der Waals surface area (Å²) in [5.41, 5.74) is 2.03.